The number of unbranched alkanes of at least 4 members (excludes halogenated alkanes) is 1. The number of rotatable bonds is 25. The number of aliphatic carboxylic acids is 1. The van der Waals surface area contributed by atoms with Gasteiger partial charge in [-0.2, -0.15) is 0 Å². The second-order valence-corrected chi connectivity index (χ2v) is 15.7. The van der Waals surface area contributed by atoms with Crippen molar-refractivity contribution in [2.24, 2.45) is 39.8 Å². The van der Waals surface area contributed by atoms with Gasteiger partial charge in [0.05, 0.1) is 6.04 Å². The first-order valence-corrected chi connectivity index (χ1v) is 20.4. The molecule has 0 spiro atoms. The third-order valence-corrected chi connectivity index (χ3v) is 10.6. The van der Waals surface area contributed by atoms with Crippen LogP contribution in [0, 0.1) is 11.8 Å². The van der Waals surface area contributed by atoms with Gasteiger partial charge in [-0.25, -0.2) is 4.79 Å². The molecular weight excluding hydrogens is 731 g/mol. The van der Waals surface area contributed by atoms with Crippen molar-refractivity contribution in [2.45, 2.75) is 128 Å². The smallest absolute Gasteiger partial charge is 0.326 e. The van der Waals surface area contributed by atoms with E-state index in [9.17, 15) is 29.1 Å². The molecule has 1 aromatic carbocycles. The number of amides is 4. The van der Waals surface area contributed by atoms with Crippen LogP contribution in [0.4, 0.5) is 0 Å². The van der Waals surface area contributed by atoms with Gasteiger partial charge in [-0.05, 0) is 75.0 Å². The van der Waals surface area contributed by atoms with E-state index in [1.54, 1.807) is 18.0 Å². The molecule has 14 N–H and O–H groups in total. The van der Waals surface area contributed by atoms with E-state index in [-0.39, 0.29) is 42.6 Å². The number of carboxylic acids is 1. The molecule has 1 saturated heterocycles. The van der Waals surface area contributed by atoms with Crippen LogP contribution in [-0.2, 0) is 30.4 Å². The average molecular weight is 798 g/mol. The maximum Gasteiger partial charge on any atom is 0.326 e. The van der Waals surface area contributed by atoms with Crippen molar-refractivity contribution < 1.29 is 29.1 Å². The predicted octanol–water partition coefficient (Wildman–Crippen LogP) is 0.801. The number of carbonyl (C=O) groups is 5. The zero-order valence-electron chi connectivity index (χ0n) is 34.1. The van der Waals surface area contributed by atoms with E-state index in [0.717, 1.165) is 35.7 Å². The predicted molar refractivity (Wildman–Crippen MR) is 222 cm³/mol. The van der Waals surface area contributed by atoms with Crippen molar-refractivity contribution in [3.05, 3.63) is 36.0 Å². The number of aromatic amines is 1. The second-order valence-electron chi connectivity index (χ2n) is 15.7. The Kier molecular flexibility index (Phi) is 19.2. The molecule has 3 rings (SSSR count). The highest BCUT2D eigenvalue weighted by molar-refractivity contribution is 5.96. The summed E-state index contributed by atoms with van der Waals surface area (Å²) in [6.07, 6.45) is 6.95. The van der Waals surface area contributed by atoms with Crippen LogP contribution < -0.4 is 44.2 Å². The molecule has 0 aliphatic carbocycles. The molecule has 1 fully saturated rings. The zero-order valence-corrected chi connectivity index (χ0v) is 34.1. The van der Waals surface area contributed by atoms with Gasteiger partial charge in [-0.1, -0.05) is 58.7 Å². The molecule has 1 aromatic heterocycles. The van der Waals surface area contributed by atoms with Crippen LogP contribution in [0.25, 0.3) is 10.9 Å². The first-order chi connectivity index (χ1) is 27.2. The molecule has 2 aromatic rings. The molecule has 17 heteroatoms. The summed E-state index contributed by atoms with van der Waals surface area (Å²) in [4.78, 5) is 77.2. The number of carbonyl (C=O) groups excluding carboxylic acids is 4. The highest BCUT2D eigenvalue weighted by atomic mass is 16.4. The van der Waals surface area contributed by atoms with Gasteiger partial charge >= 0.3 is 5.97 Å². The van der Waals surface area contributed by atoms with Crippen molar-refractivity contribution in [3.63, 3.8) is 0 Å². The van der Waals surface area contributed by atoms with Crippen LogP contribution in [0.1, 0.15) is 91.0 Å². The number of nitrogens with one attached hydrogen (secondary N) is 5. The lowest BCUT2D eigenvalue weighted by molar-refractivity contribution is -0.143. The van der Waals surface area contributed by atoms with Crippen LogP contribution in [0.5, 0.6) is 0 Å². The van der Waals surface area contributed by atoms with Gasteiger partial charge in [0.25, 0.3) is 0 Å². The molecule has 1 aliphatic heterocycles. The minimum atomic E-state index is -1.16. The fourth-order valence-corrected chi connectivity index (χ4v) is 7.17. The Morgan fingerprint density at radius 1 is 0.965 bits per heavy atom. The van der Waals surface area contributed by atoms with Crippen LogP contribution in [0.2, 0.25) is 0 Å². The number of para-hydroxylation sites is 1. The quantitative estimate of drug-likeness (QED) is 0.0381. The van der Waals surface area contributed by atoms with Gasteiger partial charge in [0.1, 0.15) is 24.2 Å². The molecule has 0 bridgehead atoms. The van der Waals surface area contributed by atoms with Crippen LogP contribution in [-0.4, -0.2) is 113 Å². The summed E-state index contributed by atoms with van der Waals surface area (Å²) in [7, 11) is 0. The van der Waals surface area contributed by atoms with Crippen molar-refractivity contribution in [3.8, 4) is 0 Å². The zero-order chi connectivity index (χ0) is 42.1. The van der Waals surface area contributed by atoms with Crippen molar-refractivity contribution in [1.82, 2.24) is 31.2 Å². The number of guanidine groups is 1. The topological polar surface area (TPSA) is 289 Å². The number of H-pyrrole nitrogens is 1. The number of nitrogens with two attached hydrogens (primary N) is 4. The maximum atomic E-state index is 14.3. The Labute approximate surface area is 336 Å². The first-order valence-electron chi connectivity index (χ1n) is 20.4. The first kappa shape index (κ1) is 46.6. The van der Waals surface area contributed by atoms with Crippen LogP contribution in [0.15, 0.2) is 35.5 Å². The molecule has 0 unspecified atom stereocenters. The number of hydrogen-bond donors (Lipinski definition) is 10. The Morgan fingerprint density at radius 3 is 2.37 bits per heavy atom. The van der Waals surface area contributed by atoms with E-state index < -0.39 is 53.9 Å². The Hall–Kier alpha value is -4.74. The normalized spacial score (nSPS) is 17.3. The van der Waals surface area contributed by atoms with E-state index in [0.29, 0.717) is 58.3 Å². The fourth-order valence-electron chi connectivity index (χ4n) is 7.17. The largest absolute Gasteiger partial charge is 0.480 e. The van der Waals surface area contributed by atoms with Gasteiger partial charge in [0.15, 0.2) is 5.96 Å². The number of benzene rings is 1. The molecule has 0 radical (unpaired) electrons. The fraction of sp³-hybridized carbons (Fsp3) is 0.650. The molecule has 0 saturated carbocycles. The molecule has 17 nitrogen and oxygen atoms in total. The minimum absolute atomic E-state index is 0.000590. The van der Waals surface area contributed by atoms with Crippen molar-refractivity contribution in [2.75, 3.05) is 26.2 Å². The van der Waals surface area contributed by atoms with Crippen LogP contribution in [0.3, 0.4) is 0 Å². The molecule has 1 aliphatic rings. The number of carboxylic acid groups (broad SMARTS) is 1. The summed E-state index contributed by atoms with van der Waals surface area (Å²) < 4.78 is 0. The standard InChI is InChI=1S/C40H67N11O6/c1-5-25(4)34(37(54)49-32(39(56)57)20-24(2)3)50-35(52)31(21-26-22-46-29-14-7-6-13-28(26)29)48-36(53)33-16-11-19-51(33)38(55)30(15-10-18-45-40(43)44)47-23-27(42)12-8-9-17-41/h6-7,13-14,22,24-25,27,30-34,46-47H,5,8-12,15-21,23,41-42H2,1-4H3,(H,48,53)(H,49,54)(H,50,52)(H,56,57)(H4,43,44,45)/t25-,27-,30-,31-,32-,33-,34-/m0/s1. The number of likely N-dealkylation sites (tertiary alicyclic amines) is 1. The van der Waals surface area contributed by atoms with E-state index in [1.165, 1.54) is 0 Å². The van der Waals surface area contributed by atoms with Crippen molar-refractivity contribution in [1.29, 1.82) is 0 Å². The summed E-state index contributed by atoms with van der Waals surface area (Å²) >= 11 is 0. The summed E-state index contributed by atoms with van der Waals surface area (Å²) in [5.74, 6) is -3.54. The number of fused-ring (bicyclic) bond motifs is 1. The van der Waals surface area contributed by atoms with E-state index >= 15 is 0 Å². The Morgan fingerprint density at radius 2 is 1.70 bits per heavy atom. The number of nitrogens with zero attached hydrogens (tertiary/aromatic N) is 2. The SMILES string of the molecule is CC[C@H](C)[C@H](NC(=O)[C@H](Cc1c[nH]c2ccccc12)NC(=O)[C@@H]1CCCN1C(=O)[C@H](CCCN=C(N)N)NC[C@@H](N)CCCCN)C(=O)N[C@@H](CC(C)C)C(=O)O. The van der Waals surface area contributed by atoms with Gasteiger partial charge in [-0.3, -0.25) is 24.2 Å². The number of aromatic nitrogens is 1. The second kappa shape index (κ2) is 23.5. The molecule has 4 amide bonds. The lowest BCUT2D eigenvalue weighted by Gasteiger charge is -2.31. The Balaban J connectivity index is 1.87. The summed E-state index contributed by atoms with van der Waals surface area (Å²) in [6, 6.07) is 2.54. The summed E-state index contributed by atoms with van der Waals surface area (Å²) in [5.41, 5.74) is 24.6. The van der Waals surface area contributed by atoms with Gasteiger partial charge in [0.2, 0.25) is 23.6 Å². The van der Waals surface area contributed by atoms with E-state index in [1.807, 2.05) is 45.0 Å². The van der Waals surface area contributed by atoms with Crippen molar-refractivity contribution >= 4 is 46.5 Å². The number of hydrogen-bond acceptors (Lipinski definition) is 9. The van der Waals surface area contributed by atoms with Crippen LogP contribution >= 0.6 is 0 Å². The molecule has 2 heterocycles. The Bertz CT molecular complexity index is 1640. The lowest BCUT2D eigenvalue weighted by Crippen LogP contribution is -2.60. The summed E-state index contributed by atoms with van der Waals surface area (Å²) in [6.45, 7) is 9.03. The molecular formula is C40H67N11O6. The summed E-state index contributed by atoms with van der Waals surface area (Å²) in [5, 5.41) is 22.4. The van der Waals surface area contributed by atoms with E-state index in [4.69, 9.17) is 22.9 Å². The van der Waals surface area contributed by atoms with Gasteiger partial charge in [-0.15, -0.1) is 0 Å². The van der Waals surface area contributed by atoms with Gasteiger partial charge < -0.3 is 59.2 Å². The molecule has 318 valence electrons. The molecule has 7 atom stereocenters. The highest BCUT2D eigenvalue weighted by Gasteiger charge is 2.39. The van der Waals surface area contributed by atoms with Gasteiger partial charge in [0, 0.05) is 49.2 Å². The highest BCUT2D eigenvalue weighted by Crippen LogP contribution is 2.23. The maximum absolute atomic E-state index is 14.3. The average Bonchev–Trinajstić information content (AvgIpc) is 3.83. The third kappa shape index (κ3) is 14.6. The third-order valence-electron chi connectivity index (χ3n) is 10.6. The lowest BCUT2D eigenvalue weighted by atomic mass is 9.96. The number of aliphatic imine (C=N–C) groups is 1. The monoisotopic (exact) mass is 798 g/mol. The van der Waals surface area contributed by atoms with E-state index in [2.05, 4.69) is 31.2 Å². The minimum Gasteiger partial charge on any atom is -0.480 e. The molecule has 57 heavy (non-hydrogen) atoms.